The summed E-state index contributed by atoms with van der Waals surface area (Å²) in [4.78, 5) is 31.7. The first-order valence-electron chi connectivity index (χ1n) is 7.68. The lowest BCUT2D eigenvalue weighted by molar-refractivity contribution is 0.0271. The fourth-order valence-corrected chi connectivity index (χ4v) is 3.47. The maximum atomic E-state index is 11.8. The molecular weight excluding hydrogens is 389 g/mol. The van der Waals surface area contributed by atoms with E-state index in [9.17, 15) is 14.3 Å². The van der Waals surface area contributed by atoms with Crippen LogP contribution in [0.5, 0.6) is 0 Å². The van der Waals surface area contributed by atoms with Crippen molar-refractivity contribution in [2.75, 3.05) is 19.5 Å². The average molecular weight is 410 g/mol. The average Bonchev–Trinajstić information content (AvgIpc) is 2.94. The summed E-state index contributed by atoms with van der Waals surface area (Å²) in [6.45, 7) is 3.00. The molecule has 0 aliphatic heterocycles. The van der Waals surface area contributed by atoms with Crippen LogP contribution >= 0.6 is 19.4 Å². The second-order valence-corrected chi connectivity index (χ2v) is 7.63. The molecule has 0 saturated heterocycles. The quantitative estimate of drug-likeness (QED) is 0.411. The predicted octanol–water partition coefficient (Wildman–Crippen LogP) is 1.39. The van der Waals surface area contributed by atoms with Crippen molar-refractivity contribution in [1.29, 1.82) is 0 Å². The number of ether oxygens (including phenoxy) is 1. The van der Waals surface area contributed by atoms with Crippen LogP contribution in [0.4, 0.5) is 5.95 Å². The van der Waals surface area contributed by atoms with Crippen molar-refractivity contribution in [3.63, 3.8) is 0 Å². The first kappa shape index (κ1) is 20.8. The van der Waals surface area contributed by atoms with Crippen molar-refractivity contribution in [1.82, 2.24) is 19.5 Å². The van der Waals surface area contributed by atoms with Gasteiger partial charge in [-0.05, 0) is 13.8 Å². The van der Waals surface area contributed by atoms with Gasteiger partial charge in [-0.1, -0.05) is 11.6 Å². The molecule has 2 heterocycles. The van der Waals surface area contributed by atoms with Crippen molar-refractivity contribution in [3.8, 4) is 0 Å². The Morgan fingerprint density at radius 1 is 1.50 bits per heavy atom. The number of nitrogen functional groups attached to an aromatic ring is 1. The van der Waals surface area contributed by atoms with Crippen LogP contribution in [-0.4, -0.2) is 50.3 Å². The van der Waals surface area contributed by atoms with Crippen molar-refractivity contribution in [3.05, 3.63) is 16.7 Å². The molecule has 0 fully saturated rings. The number of anilines is 1. The Balaban J connectivity index is 2.09. The molecule has 0 aliphatic rings. The van der Waals surface area contributed by atoms with E-state index in [0.29, 0.717) is 0 Å². The molecule has 4 N–H and O–H groups in total. The lowest BCUT2D eigenvalue weighted by atomic mass is 10.2. The first-order chi connectivity index (χ1) is 12.1. The van der Waals surface area contributed by atoms with Gasteiger partial charge >= 0.3 is 7.82 Å². The SMILES string of the molecule is COC(COP(=O)(O)OC(C)C)CC(Cl)n1cnc2c(=O)[nH]c(N)nc21. The van der Waals surface area contributed by atoms with Crippen LogP contribution in [0.25, 0.3) is 11.2 Å². The van der Waals surface area contributed by atoms with E-state index in [4.69, 9.17) is 31.1 Å². The number of nitrogens with zero attached hydrogens (tertiary/aromatic N) is 3. The topological polar surface area (TPSA) is 155 Å². The van der Waals surface area contributed by atoms with Crippen LogP contribution in [0.2, 0.25) is 0 Å². The fourth-order valence-electron chi connectivity index (χ4n) is 2.19. The molecule has 146 valence electrons. The zero-order chi connectivity index (χ0) is 19.5. The number of phosphoric ester groups is 1. The van der Waals surface area contributed by atoms with Gasteiger partial charge in [-0.25, -0.2) is 9.55 Å². The Morgan fingerprint density at radius 3 is 2.81 bits per heavy atom. The van der Waals surface area contributed by atoms with Crippen molar-refractivity contribution in [2.24, 2.45) is 0 Å². The molecule has 26 heavy (non-hydrogen) atoms. The van der Waals surface area contributed by atoms with E-state index >= 15 is 0 Å². The minimum atomic E-state index is -4.19. The van der Waals surface area contributed by atoms with Gasteiger partial charge in [0, 0.05) is 13.5 Å². The molecule has 11 nitrogen and oxygen atoms in total. The van der Waals surface area contributed by atoms with Gasteiger partial charge in [0.1, 0.15) is 5.50 Å². The summed E-state index contributed by atoms with van der Waals surface area (Å²) in [5.41, 5.74) is 4.67. The van der Waals surface area contributed by atoms with Crippen molar-refractivity contribution < 1.29 is 23.2 Å². The number of nitrogens with two attached hydrogens (primary N) is 1. The number of hydrogen-bond acceptors (Lipinski definition) is 8. The maximum absolute atomic E-state index is 11.8. The minimum absolute atomic E-state index is 0.0632. The molecule has 0 bridgehead atoms. The molecular formula is C13H21ClN5O6P. The van der Waals surface area contributed by atoms with Crippen LogP contribution in [-0.2, 0) is 18.3 Å². The highest BCUT2D eigenvalue weighted by Crippen LogP contribution is 2.44. The molecule has 0 radical (unpaired) electrons. The van der Waals surface area contributed by atoms with Gasteiger partial charge in [0.25, 0.3) is 5.56 Å². The number of phosphoric acid groups is 1. The molecule has 3 atom stereocenters. The van der Waals surface area contributed by atoms with Crippen LogP contribution in [0, 0.1) is 0 Å². The summed E-state index contributed by atoms with van der Waals surface area (Å²) in [5, 5.41) is 0. The number of hydrogen-bond donors (Lipinski definition) is 3. The van der Waals surface area contributed by atoms with E-state index in [-0.39, 0.29) is 30.1 Å². The maximum Gasteiger partial charge on any atom is 0.472 e. The van der Waals surface area contributed by atoms with E-state index < -0.39 is 31.1 Å². The van der Waals surface area contributed by atoms with E-state index in [2.05, 4.69) is 15.0 Å². The summed E-state index contributed by atoms with van der Waals surface area (Å²) in [5.74, 6) is -0.0632. The third-order valence-corrected chi connectivity index (χ3v) is 4.86. The van der Waals surface area contributed by atoms with Crippen LogP contribution in [0.1, 0.15) is 25.8 Å². The van der Waals surface area contributed by atoms with Crippen LogP contribution in [0.15, 0.2) is 11.1 Å². The summed E-state index contributed by atoms with van der Waals surface area (Å²) in [6, 6.07) is 0. The number of methoxy groups -OCH3 is 1. The highest BCUT2D eigenvalue weighted by molar-refractivity contribution is 7.47. The van der Waals surface area contributed by atoms with Gasteiger partial charge in [0.2, 0.25) is 5.95 Å². The van der Waals surface area contributed by atoms with Gasteiger partial charge in [-0.15, -0.1) is 0 Å². The van der Waals surface area contributed by atoms with E-state index in [1.807, 2.05) is 0 Å². The Morgan fingerprint density at radius 2 is 2.19 bits per heavy atom. The van der Waals surface area contributed by atoms with E-state index in [1.54, 1.807) is 13.8 Å². The summed E-state index contributed by atoms with van der Waals surface area (Å²) < 4.78 is 28.2. The van der Waals surface area contributed by atoms with Gasteiger partial charge in [0.05, 0.1) is 25.1 Å². The highest BCUT2D eigenvalue weighted by Gasteiger charge is 2.26. The molecule has 13 heteroatoms. The monoisotopic (exact) mass is 409 g/mol. The van der Waals surface area contributed by atoms with Gasteiger partial charge < -0.3 is 15.4 Å². The molecule has 2 aromatic rings. The number of aromatic amines is 1. The predicted molar refractivity (Wildman–Crippen MR) is 94.9 cm³/mol. The third-order valence-electron chi connectivity index (χ3n) is 3.31. The number of rotatable bonds is 9. The van der Waals surface area contributed by atoms with Crippen molar-refractivity contribution >= 4 is 36.5 Å². The minimum Gasteiger partial charge on any atom is -0.379 e. The molecule has 2 rings (SSSR count). The van der Waals surface area contributed by atoms with Gasteiger partial charge in [0.15, 0.2) is 11.2 Å². The zero-order valence-electron chi connectivity index (χ0n) is 14.5. The summed E-state index contributed by atoms with van der Waals surface area (Å²) >= 11 is 6.37. The number of H-pyrrole nitrogens is 1. The van der Waals surface area contributed by atoms with E-state index in [1.165, 1.54) is 18.0 Å². The first-order valence-corrected chi connectivity index (χ1v) is 9.61. The van der Waals surface area contributed by atoms with Crippen LogP contribution in [0.3, 0.4) is 0 Å². The molecule has 2 aromatic heterocycles. The number of aromatic nitrogens is 4. The van der Waals surface area contributed by atoms with Gasteiger partial charge in [-0.2, -0.15) is 4.98 Å². The van der Waals surface area contributed by atoms with E-state index in [0.717, 1.165) is 0 Å². The Labute approximate surface area is 154 Å². The normalized spacial score (nSPS) is 16.7. The standard InChI is InChI=1S/C13H21ClN5O6P/c1-7(2)25-26(21,22)24-5-8(23-3)4-9(14)19-6-16-10-11(19)17-13(15)18-12(10)20/h6-9H,4-5H2,1-3H3,(H,21,22)(H3,15,17,18,20). The third kappa shape index (κ3) is 5.26. The molecule has 0 aliphatic carbocycles. The molecule has 0 saturated carbocycles. The highest BCUT2D eigenvalue weighted by atomic mass is 35.5. The second-order valence-electron chi connectivity index (χ2n) is 5.72. The summed E-state index contributed by atoms with van der Waals surface area (Å²) in [6.07, 6.45) is 0.445. The fraction of sp³-hybridized carbons (Fsp3) is 0.615. The molecule has 0 spiro atoms. The lowest BCUT2D eigenvalue weighted by Crippen LogP contribution is -2.22. The smallest absolute Gasteiger partial charge is 0.379 e. The molecule has 0 amide bonds. The zero-order valence-corrected chi connectivity index (χ0v) is 16.1. The summed E-state index contributed by atoms with van der Waals surface area (Å²) in [7, 11) is -2.78. The Hall–Kier alpha value is -1.49. The largest absolute Gasteiger partial charge is 0.472 e. The molecule has 0 aromatic carbocycles. The van der Waals surface area contributed by atoms with Gasteiger partial charge in [-0.3, -0.25) is 23.4 Å². The number of nitrogens with one attached hydrogen (secondary N) is 1. The Bertz CT molecular complexity index is 855. The lowest BCUT2D eigenvalue weighted by Gasteiger charge is -2.21. The number of alkyl halides is 1. The number of imidazole rings is 1. The van der Waals surface area contributed by atoms with Crippen molar-refractivity contribution in [2.45, 2.75) is 38.0 Å². The molecule has 3 unspecified atom stereocenters. The number of halogens is 1. The van der Waals surface area contributed by atoms with Crippen LogP contribution < -0.4 is 11.3 Å². The Kier molecular flexibility index (Phi) is 6.78. The number of fused-ring (bicyclic) bond motifs is 1. The second kappa shape index (κ2) is 8.47.